The second-order valence-corrected chi connectivity index (χ2v) is 7.10. The standard InChI is InChI=1S/C22H24N4O3/c1-16(17-4-8-19(9-5-17)26-15-23-14-24-26)25-22(27)18-6-10-20(11-7-18)29-13-21-3-2-12-28-21/h4-11,14-16,21H,2-3,12-13H2,1H3,(H,25,27). The summed E-state index contributed by atoms with van der Waals surface area (Å²) in [6.07, 6.45) is 5.45. The first kappa shape index (κ1) is 19.1. The molecule has 0 radical (unpaired) electrons. The van der Waals surface area contributed by atoms with E-state index in [2.05, 4.69) is 15.4 Å². The van der Waals surface area contributed by atoms with E-state index in [0.29, 0.717) is 12.2 Å². The summed E-state index contributed by atoms with van der Waals surface area (Å²) >= 11 is 0. The van der Waals surface area contributed by atoms with E-state index in [-0.39, 0.29) is 18.1 Å². The van der Waals surface area contributed by atoms with E-state index in [4.69, 9.17) is 9.47 Å². The van der Waals surface area contributed by atoms with Gasteiger partial charge < -0.3 is 14.8 Å². The fraction of sp³-hybridized carbons (Fsp3) is 0.318. The van der Waals surface area contributed by atoms with E-state index < -0.39 is 0 Å². The van der Waals surface area contributed by atoms with Gasteiger partial charge in [0.2, 0.25) is 0 Å². The highest BCUT2D eigenvalue weighted by atomic mass is 16.5. The van der Waals surface area contributed by atoms with Gasteiger partial charge in [0.15, 0.2) is 0 Å². The molecule has 1 fully saturated rings. The van der Waals surface area contributed by atoms with Crippen molar-refractivity contribution < 1.29 is 14.3 Å². The summed E-state index contributed by atoms with van der Waals surface area (Å²) in [5.41, 5.74) is 2.53. The van der Waals surface area contributed by atoms with Crippen molar-refractivity contribution in [1.29, 1.82) is 0 Å². The van der Waals surface area contributed by atoms with Gasteiger partial charge in [-0.3, -0.25) is 4.79 Å². The molecule has 4 rings (SSSR count). The second-order valence-electron chi connectivity index (χ2n) is 7.10. The zero-order valence-corrected chi connectivity index (χ0v) is 16.3. The van der Waals surface area contributed by atoms with Crippen molar-refractivity contribution in [2.45, 2.75) is 31.9 Å². The summed E-state index contributed by atoms with van der Waals surface area (Å²) in [5.74, 6) is 0.623. The van der Waals surface area contributed by atoms with Crippen molar-refractivity contribution in [2.75, 3.05) is 13.2 Å². The normalized spacial score (nSPS) is 17.1. The summed E-state index contributed by atoms with van der Waals surface area (Å²) in [6, 6.07) is 14.9. The Bertz CT molecular complexity index is 918. The van der Waals surface area contributed by atoms with Gasteiger partial charge in [0, 0.05) is 12.2 Å². The molecule has 1 saturated heterocycles. The SMILES string of the molecule is CC(NC(=O)c1ccc(OCC2CCCO2)cc1)c1ccc(-n2cncn2)cc1. The van der Waals surface area contributed by atoms with Crippen molar-refractivity contribution in [3.8, 4) is 11.4 Å². The lowest BCUT2D eigenvalue weighted by Crippen LogP contribution is -2.26. The molecule has 0 saturated carbocycles. The molecule has 1 N–H and O–H groups in total. The Morgan fingerprint density at radius 2 is 2.03 bits per heavy atom. The van der Waals surface area contributed by atoms with Gasteiger partial charge in [-0.1, -0.05) is 12.1 Å². The molecule has 2 aromatic carbocycles. The average Bonchev–Trinajstić information content (AvgIpc) is 3.47. The fourth-order valence-electron chi connectivity index (χ4n) is 3.29. The molecule has 1 aromatic heterocycles. The fourth-order valence-corrected chi connectivity index (χ4v) is 3.29. The highest BCUT2D eigenvalue weighted by Crippen LogP contribution is 2.18. The zero-order chi connectivity index (χ0) is 20.1. The predicted octanol–water partition coefficient (Wildman–Crippen LogP) is 3.32. The number of amides is 1. The lowest BCUT2D eigenvalue weighted by atomic mass is 10.1. The van der Waals surface area contributed by atoms with Gasteiger partial charge >= 0.3 is 0 Å². The van der Waals surface area contributed by atoms with Gasteiger partial charge in [0.1, 0.15) is 25.0 Å². The maximum absolute atomic E-state index is 12.6. The zero-order valence-electron chi connectivity index (χ0n) is 16.3. The van der Waals surface area contributed by atoms with Crippen molar-refractivity contribution in [1.82, 2.24) is 20.1 Å². The molecule has 0 bridgehead atoms. The molecule has 2 atom stereocenters. The van der Waals surface area contributed by atoms with Crippen LogP contribution in [-0.4, -0.2) is 40.0 Å². The minimum absolute atomic E-state index is 0.122. The molecule has 150 valence electrons. The Balaban J connectivity index is 1.32. The molecule has 1 aliphatic rings. The largest absolute Gasteiger partial charge is 0.491 e. The number of benzene rings is 2. The van der Waals surface area contributed by atoms with Crippen molar-refractivity contribution in [2.24, 2.45) is 0 Å². The Hall–Kier alpha value is -3.19. The van der Waals surface area contributed by atoms with Crippen LogP contribution >= 0.6 is 0 Å². The Labute approximate surface area is 169 Å². The monoisotopic (exact) mass is 392 g/mol. The van der Waals surface area contributed by atoms with Crippen LogP contribution in [0.4, 0.5) is 0 Å². The van der Waals surface area contributed by atoms with Crippen molar-refractivity contribution in [3.05, 3.63) is 72.3 Å². The maximum atomic E-state index is 12.6. The second kappa shape index (κ2) is 8.87. The van der Waals surface area contributed by atoms with Crippen LogP contribution < -0.4 is 10.1 Å². The summed E-state index contributed by atoms with van der Waals surface area (Å²) in [6.45, 7) is 3.32. The van der Waals surface area contributed by atoms with E-state index in [1.807, 2.05) is 43.3 Å². The van der Waals surface area contributed by atoms with E-state index in [9.17, 15) is 4.79 Å². The quantitative estimate of drug-likeness (QED) is 0.667. The maximum Gasteiger partial charge on any atom is 0.251 e. The topological polar surface area (TPSA) is 78.3 Å². The molecule has 1 amide bonds. The summed E-state index contributed by atoms with van der Waals surface area (Å²) < 4.78 is 13.0. The highest BCUT2D eigenvalue weighted by Gasteiger charge is 2.16. The molecule has 7 nitrogen and oxygen atoms in total. The van der Waals surface area contributed by atoms with E-state index >= 15 is 0 Å². The number of hydrogen-bond donors (Lipinski definition) is 1. The summed E-state index contributed by atoms with van der Waals surface area (Å²) in [4.78, 5) is 16.5. The first-order chi connectivity index (χ1) is 14.2. The summed E-state index contributed by atoms with van der Waals surface area (Å²) in [5, 5.41) is 7.14. The molecular weight excluding hydrogens is 368 g/mol. The summed E-state index contributed by atoms with van der Waals surface area (Å²) in [7, 11) is 0. The third-order valence-corrected chi connectivity index (χ3v) is 5.00. The average molecular weight is 392 g/mol. The number of ether oxygens (including phenoxy) is 2. The number of nitrogens with zero attached hydrogens (tertiary/aromatic N) is 3. The van der Waals surface area contributed by atoms with Crippen LogP contribution in [0.15, 0.2) is 61.2 Å². The highest BCUT2D eigenvalue weighted by molar-refractivity contribution is 5.94. The van der Waals surface area contributed by atoms with Gasteiger partial charge in [0.05, 0.1) is 17.8 Å². The number of rotatable bonds is 7. The smallest absolute Gasteiger partial charge is 0.251 e. The number of carbonyl (C=O) groups is 1. The lowest BCUT2D eigenvalue weighted by molar-refractivity contribution is 0.0679. The van der Waals surface area contributed by atoms with Gasteiger partial charge in [0.25, 0.3) is 5.91 Å². The van der Waals surface area contributed by atoms with Gasteiger partial charge in [-0.05, 0) is 61.7 Å². The Morgan fingerprint density at radius 3 is 2.69 bits per heavy atom. The number of aromatic nitrogens is 3. The van der Waals surface area contributed by atoms with Gasteiger partial charge in [-0.25, -0.2) is 9.67 Å². The molecule has 3 aromatic rings. The van der Waals surface area contributed by atoms with E-state index in [0.717, 1.165) is 36.4 Å². The van der Waals surface area contributed by atoms with Crippen LogP contribution in [0.25, 0.3) is 5.69 Å². The Morgan fingerprint density at radius 1 is 1.24 bits per heavy atom. The van der Waals surface area contributed by atoms with Crippen molar-refractivity contribution >= 4 is 5.91 Å². The minimum Gasteiger partial charge on any atom is -0.491 e. The molecule has 2 unspecified atom stereocenters. The molecule has 1 aliphatic heterocycles. The third kappa shape index (κ3) is 4.81. The molecule has 7 heteroatoms. The number of nitrogens with one attached hydrogen (secondary N) is 1. The lowest BCUT2D eigenvalue weighted by Gasteiger charge is -2.15. The first-order valence-corrected chi connectivity index (χ1v) is 9.79. The number of carbonyl (C=O) groups excluding carboxylic acids is 1. The van der Waals surface area contributed by atoms with E-state index in [1.165, 1.54) is 6.33 Å². The van der Waals surface area contributed by atoms with Crippen LogP contribution in [-0.2, 0) is 4.74 Å². The van der Waals surface area contributed by atoms with Gasteiger partial charge in [-0.15, -0.1) is 0 Å². The molecule has 2 heterocycles. The predicted molar refractivity (Wildman–Crippen MR) is 108 cm³/mol. The van der Waals surface area contributed by atoms with E-state index in [1.54, 1.807) is 23.1 Å². The first-order valence-electron chi connectivity index (χ1n) is 9.79. The van der Waals surface area contributed by atoms with Crippen LogP contribution in [0.1, 0.15) is 41.7 Å². The van der Waals surface area contributed by atoms with Gasteiger partial charge in [-0.2, -0.15) is 5.10 Å². The minimum atomic E-state index is -0.122. The number of hydrogen-bond acceptors (Lipinski definition) is 5. The Kier molecular flexibility index (Phi) is 5.86. The van der Waals surface area contributed by atoms with Crippen LogP contribution in [0, 0.1) is 0 Å². The van der Waals surface area contributed by atoms with Crippen LogP contribution in [0.3, 0.4) is 0 Å². The third-order valence-electron chi connectivity index (χ3n) is 5.00. The molecule has 29 heavy (non-hydrogen) atoms. The molecule has 0 aliphatic carbocycles. The van der Waals surface area contributed by atoms with Crippen LogP contribution in [0.2, 0.25) is 0 Å². The molecule has 0 spiro atoms. The van der Waals surface area contributed by atoms with Crippen LogP contribution in [0.5, 0.6) is 5.75 Å². The van der Waals surface area contributed by atoms with Crippen molar-refractivity contribution in [3.63, 3.8) is 0 Å². The molecular formula is C22H24N4O3.